The first-order valence-electron chi connectivity index (χ1n) is 8.71. The monoisotopic (exact) mass is 383 g/mol. The molecule has 2 rings (SSSR count). The Labute approximate surface area is 164 Å². The fourth-order valence-electron chi connectivity index (χ4n) is 2.37. The minimum Gasteiger partial charge on any atom is -0.497 e. The average molecular weight is 383 g/mol. The lowest BCUT2D eigenvalue weighted by atomic mass is 9.87. The van der Waals surface area contributed by atoms with Crippen molar-refractivity contribution in [2.24, 2.45) is 5.10 Å². The summed E-state index contributed by atoms with van der Waals surface area (Å²) in [6.45, 7) is 6.40. The number of benzene rings is 2. The van der Waals surface area contributed by atoms with Gasteiger partial charge in [-0.3, -0.25) is 9.59 Å². The van der Waals surface area contributed by atoms with Gasteiger partial charge in [0.2, 0.25) is 0 Å². The van der Waals surface area contributed by atoms with E-state index >= 15 is 0 Å². The van der Waals surface area contributed by atoms with Crippen LogP contribution in [0.15, 0.2) is 47.6 Å². The van der Waals surface area contributed by atoms with Crippen LogP contribution in [0, 0.1) is 0 Å². The van der Waals surface area contributed by atoms with E-state index in [1.807, 2.05) is 24.3 Å². The van der Waals surface area contributed by atoms with E-state index in [4.69, 9.17) is 9.47 Å². The van der Waals surface area contributed by atoms with Gasteiger partial charge in [0.25, 0.3) is 0 Å². The summed E-state index contributed by atoms with van der Waals surface area (Å²) in [7, 11) is 2.98. The lowest BCUT2D eigenvalue weighted by Gasteiger charge is -2.18. The van der Waals surface area contributed by atoms with E-state index in [2.05, 4.69) is 36.6 Å². The van der Waals surface area contributed by atoms with Crippen LogP contribution in [0.2, 0.25) is 0 Å². The topological polar surface area (TPSA) is 89.0 Å². The van der Waals surface area contributed by atoms with Gasteiger partial charge in [0, 0.05) is 6.07 Å². The Balaban J connectivity index is 1.96. The number of ether oxygens (including phenoxy) is 2. The fourth-order valence-corrected chi connectivity index (χ4v) is 2.37. The molecule has 0 aliphatic rings. The van der Waals surface area contributed by atoms with E-state index in [1.54, 1.807) is 18.2 Å². The van der Waals surface area contributed by atoms with Crippen LogP contribution in [0.5, 0.6) is 11.5 Å². The summed E-state index contributed by atoms with van der Waals surface area (Å²) in [5.41, 5.74) is 4.63. The number of hydrogen-bond donors (Lipinski definition) is 2. The molecule has 2 N–H and O–H groups in total. The SMILES string of the molecule is COc1ccc(NC(=O)C(=O)N/N=C\c2ccc(C(C)(C)C)cc2)c(OC)c1. The number of nitrogens with one attached hydrogen (secondary N) is 2. The molecule has 0 spiro atoms. The van der Waals surface area contributed by atoms with E-state index < -0.39 is 11.8 Å². The highest BCUT2D eigenvalue weighted by Crippen LogP contribution is 2.28. The van der Waals surface area contributed by atoms with Gasteiger partial charge in [0.05, 0.1) is 26.1 Å². The molecule has 0 radical (unpaired) electrons. The Bertz CT molecular complexity index is 868. The quantitative estimate of drug-likeness (QED) is 0.472. The molecular formula is C21H25N3O4. The first-order chi connectivity index (χ1) is 13.2. The molecular weight excluding hydrogens is 358 g/mol. The highest BCUT2D eigenvalue weighted by Gasteiger charge is 2.16. The zero-order valence-corrected chi connectivity index (χ0v) is 16.7. The van der Waals surface area contributed by atoms with Gasteiger partial charge in [-0.25, -0.2) is 5.43 Å². The molecule has 2 amide bonds. The third-order valence-electron chi connectivity index (χ3n) is 4.02. The van der Waals surface area contributed by atoms with Gasteiger partial charge in [0.1, 0.15) is 11.5 Å². The smallest absolute Gasteiger partial charge is 0.329 e. The largest absolute Gasteiger partial charge is 0.497 e. The van der Waals surface area contributed by atoms with E-state index in [-0.39, 0.29) is 5.41 Å². The van der Waals surface area contributed by atoms with Crippen LogP contribution in [0.25, 0.3) is 0 Å². The number of amides is 2. The summed E-state index contributed by atoms with van der Waals surface area (Å²) in [4.78, 5) is 24.0. The maximum atomic E-state index is 12.0. The minimum absolute atomic E-state index is 0.0600. The molecule has 2 aromatic carbocycles. The second-order valence-corrected chi connectivity index (χ2v) is 7.09. The number of anilines is 1. The molecule has 0 heterocycles. The molecule has 7 heteroatoms. The molecule has 148 valence electrons. The Hall–Kier alpha value is -3.35. The van der Waals surface area contributed by atoms with Gasteiger partial charge in [-0.1, -0.05) is 45.0 Å². The molecule has 0 aromatic heterocycles. The van der Waals surface area contributed by atoms with Crippen LogP contribution in [-0.2, 0) is 15.0 Å². The zero-order valence-electron chi connectivity index (χ0n) is 16.7. The van der Waals surface area contributed by atoms with E-state index in [9.17, 15) is 9.59 Å². The molecule has 28 heavy (non-hydrogen) atoms. The highest BCUT2D eigenvalue weighted by atomic mass is 16.5. The summed E-state index contributed by atoms with van der Waals surface area (Å²) in [6, 6.07) is 12.7. The number of rotatable bonds is 5. The molecule has 0 bridgehead atoms. The maximum absolute atomic E-state index is 12.0. The minimum atomic E-state index is -0.888. The second kappa shape index (κ2) is 9.03. The van der Waals surface area contributed by atoms with Crippen molar-refractivity contribution in [3.63, 3.8) is 0 Å². The standard InChI is InChI=1S/C21H25N3O4/c1-21(2,3)15-8-6-14(7-9-15)13-22-24-20(26)19(25)23-17-11-10-16(27-4)12-18(17)28-5/h6-13H,1-5H3,(H,23,25)(H,24,26)/b22-13-. The number of carbonyl (C=O) groups excluding carboxylic acids is 2. The first kappa shape index (κ1) is 21.0. The van der Waals surface area contributed by atoms with Crippen molar-refractivity contribution in [3.8, 4) is 11.5 Å². The van der Waals surface area contributed by atoms with Crippen molar-refractivity contribution in [2.45, 2.75) is 26.2 Å². The third-order valence-corrected chi connectivity index (χ3v) is 4.02. The van der Waals surface area contributed by atoms with Gasteiger partial charge in [0.15, 0.2) is 0 Å². The summed E-state index contributed by atoms with van der Waals surface area (Å²) in [6.07, 6.45) is 1.48. The molecule has 7 nitrogen and oxygen atoms in total. The Kier molecular flexibility index (Phi) is 6.76. The summed E-state index contributed by atoms with van der Waals surface area (Å²) < 4.78 is 10.3. The maximum Gasteiger partial charge on any atom is 0.329 e. The van der Waals surface area contributed by atoms with E-state index in [0.717, 1.165) is 5.56 Å². The van der Waals surface area contributed by atoms with Gasteiger partial charge in [-0.15, -0.1) is 0 Å². The van der Waals surface area contributed by atoms with Crippen LogP contribution < -0.4 is 20.2 Å². The summed E-state index contributed by atoms with van der Waals surface area (Å²) in [5.74, 6) is -0.798. The zero-order chi connectivity index (χ0) is 20.7. The Morgan fingerprint density at radius 1 is 0.964 bits per heavy atom. The number of hydrogen-bond acceptors (Lipinski definition) is 5. The van der Waals surface area contributed by atoms with Crippen LogP contribution in [0.3, 0.4) is 0 Å². The van der Waals surface area contributed by atoms with Gasteiger partial charge in [-0.05, 0) is 28.7 Å². The summed E-state index contributed by atoms with van der Waals surface area (Å²) >= 11 is 0. The number of hydrazone groups is 1. The average Bonchev–Trinajstić information content (AvgIpc) is 2.67. The van der Waals surface area contributed by atoms with Crippen molar-refractivity contribution in [1.29, 1.82) is 0 Å². The molecule has 0 saturated carbocycles. The van der Waals surface area contributed by atoms with Crippen molar-refractivity contribution >= 4 is 23.7 Å². The Morgan fingerprint density at radius 2 is 1.64 bits per heavy atom. The Morgan fingerprint density at radius 3 is 2.21 bits per heavy atom. The van der Waals surface area contributed by atoms with Crippen LogP contribution in [-0.4, -0.2) is 32.2 Å². The van der Waals surface area contributed by atoms with Crippen molar-refractivity contribution in [2.75, 3.05) is 19.5 Å². The fraction of sp³-hybridized carbons (Fsp3) is 0.286. The van der Waals surface area contributed by atoms with Crippen LogP contribution in [0.1, 0.15) is 31.9 Å². The molecule has 0 fully saturated rings. The van der Waals surface area contributed by atoms with E-state index in [1.165, 1.54) is 26.0 Å². The lowest BCUT2D eigenvalue weighted by molar-refractivity contribution is -0.136. The summed E-state index contributed by atoms with van der Waals surface area (Å²) in [5, 5.41) is 6.31. The van der Waals surface area contributed by atoms with Crippen molar-refractivity contribution in [1.82, 2.24) is 5.43 Å². The number of methoxy groups -OCH3 is 2. The molecule has 0 unspecified atom stereocenters. The lowest BCUT2D eigenvalue weighted by Crippen LogP contribution is -2.32. The third kappa shape index (κ3) is 5.57. The van der Waals surface area contributed by atoms with Gasteiger partial charge >= 0.3 is 11.8 Å². The van der Waals surface area contributed by atoms with Crippen LogP contribution in [0.4, 0.5) is 5.69 Å². The molecule has 2 aromatic rings. The first-order valence-corrected chi connectivity index (χ1v) is 8.71. The van der Waals surface area contributed by atoms with Crippen molar-refractivity contribution in [3.05, 3.63) is 53.6 Å². The number of carbonyl (C=O) groups is 2. The van der Waals surface area contributed by atoms with Gasteiger partial charge in [-0.2, -0.15) is 5.10 Å². The van der Waals surface area contributed by atoms with Crippen LogP contribution >= 0.6 is 0 Å². The highest BCUT2D eigenvalue weighted by molar-refractivity contribution is 6.39. The molecule has 0 aliphatic carbocycles. The number of nitrogens with zero attached hydrogens (tertiary/aromatic N) is 1. The molecule has 0 aliphatic heterocycles. The van der Waals surface area contributed by atoms with Crippen molar-refractivity contribution < 1.29 is 19.1 Å². The molecule has 0 saturated heterocycles. The molecule has 0 atom stereocenters. The predicted molar refractivity (Wildman–Crippen MR) is 109 cm³/mol. The second-order valence-electron chi connectivity index (χ2n) is 7.09. The predicted octanol–water partition coefficient (Wildman–Crippen LogP) is 3.09. The normalized spacial score (nSPS) is 11.2. The van der Waals surface area contributed by atoms with E-state index in [0.29, 0.717) is 17.2 Å². The van der Waals surface area contributed by atoms with Gasteiger partial charge < -0.3 is 14.8 Å².